The van der Waals surface area contributed by atoms with Gasteiger partial charge in [0.25, 0.3) is 0 Å². The Kier molecular flexibility index (Phi) is 5.87. The number of aryl methyl sites for hydroxylation is 1. The monoisotopic (exact) mass is 276 g/mol. The van der Waals surface area contributed by atoms with Gasteiger partial charge in [0, 0.05) is 13.0 Å². The van der Waals surface area contributed by atoms with Crippen LogP contribution >= 0.6 is 0 Å². The average molecular weight is 276 g/mol. The van der Waals surface area contributed by atoms with E-state index in [0.29, 0.717) is 6.42 Å². The lowest BCUT2D eigenvalue weighted by Crippen LogP contribution is -2.26. The molecule has 1 atom stereocenters. The Hall–Kier alpha value is -1.55. The van der Waals surface area contributed by atoms with E-state index in [9.17, 15) is 4.79 Å². The van der Waals surface area contributed by atoms with Crippen molar-refractivity contribution >= 4 is 5.91 Å². The van der Waals surface area contributed by atoms with Gasteiger partial charge < -0.3 is 15.4 Å². The number of rotatable bonds is 7. The molecule has 0 aromatic heterocycles. The summed E-state index contributed by atoms with van der Waals surface area (Å²) in [4.78, 5) is 11.8. The van der Waals surface area contributed by atoms with Crippen molar-refractivity contribution in [1.29, 1.82) is 0 Å². The van der Waals surface area contributed by atoms with Crippen LogP contribution in [0.15, 0.2) is 24.3 Å². The second-order valence-corrected chi connectivity index (χ2v) is 5.35. The number of ether oxygens (including phenoxy) is 1. The Morgan fingerprint density at radius 1 is 1.40 bits per heavy atom. The van der Waals surface area contributed by atoms with E-state index in [1.54, 1.807) is 7.11 Å². The van der Waals surface area contributed by atoms with Crippen molar-refractivity contribution in [3.05, 3.63) is 29.8 Å². The maximum Gasteiger partial charge on any atom is 0.220 e. The largest absolute Gasteiger partial charge is 0.497 e. The average Bonchev–Trinajstić information content (AvgIpc) is 2.99. The van der Waals surface area contributed by atoms with E-state index in [4.69, 9.17) is 4.74 Å². The summed E-state index contributed by atoms with van der Waals surface area (Å²) in [5.41, 5.74) is 1.17. The van der Waals surface area contributed by atoms with E-state index in [0.717, 1.165) is 44.1 Å². The van der Waals surface area contributed by atoms with Crippen LogP contribution < -0.4 is 15.4 Å². The minimum Gasteiger partial charge on any atom is -0.497 e. The summed E-state index contributed by atoms with van der Waals surface area (Å²) in [6, 6.07) is 7.88. The molecule has 20 heavy (non-hydrogen) atoms. The first kappa shape index (κ1) is 14.9. The van der Waals surface area contributed by atoms with E-state index < -0.39 is 0 Å². The highest BCUT2D eigenvalue weighted by Crippen LogP contribution is 2.13. The Morgan fingerprint density at radius 3 is 2.85 bits per heavy atom. The Balaban J connectivity index is 1.61. The van der Waals surface area contributed by atoms with Crippen molar-refractivity contribution < 1.29 is 9.53 Å². The van der Waals surface area contributed by atoms with E-state index in [2.05, 4.69) is 10.6 Å². The molecule has 1 aromatic rings. The first-order valence-corrected chi connectivity index (χ1v) is 7.38. The molecule has 0 spiro atoms. The molecule has 0 bridgehead atoms. The maximum absolute atomic E-state index is 11.8. The summed E-state index contributed by atoms with van der Waals surface area (Å²) in [6.07, 6.45) is 3.65. The first-order valence-electron chi connectivity index (χ1n) is 7.38. The third kappa shape index (κ3) is 4.85. The van der Waals surface area contributed by atoms with Crippen molar-refractivity contribution in [2.75, 3.05) is 26.7 Å². The molecule has 1 aliphatic rings. The van der Waals surface area contributed by atoms with Gasteiger partial charge in [-0.3, -0.25) is 4.79 Å². The molecule has 4 nitrogen and oxygen atoms in total. The Labute approximate surface area is 120 Å². The molecule has 0 aliphatic carbocycles. The summed E-state index contributed by atoms with van der Waals surface area (Å²) in [7, 11) is 1.66. The van der Waals surface area contributed by atoms with E-state index in [-0.39, 0.29) is 5.91 Å². The molecule has 2 N–H and O–H groups in total. The molecular weight excluding hydrogens is 252 g/mol. The van der Waals surface area contributed by atoms with Gasteiger partial charge in [0.05, 0.1) is 7.11 Å². The number of benzene rings is 1. The van der Waals surface area contributed by atoms with Crippen molar-refractivity contribution in [2.24, 2.45) is 5.92 Å². The number of methoxy groups -OCH3 is 1. The molecule has 0 radical (unpaired) electrons. The lowest BCUT2D eigenvalue weighted by Gasteiger charge is -2.09. The molecule has 1 heterocycles. The van der Waals surface area contributed by atoms with Crippen molar-refractivity contribution in [3.8, 4) is 5.75 Å². The number of carbonyl (C=O) groups is 1. The fourth-order valence-corrected chi connectivity index (χ4v) is 2.52. The highest BCUT2D eigenvalue weighted by molar-refractivity contribution is 5.76. The highest BCUT2D eigenvalue weighted by atomic mass is 16.5. The van der Waals surface area contributed by atoms with Gasteiger partial charge in [-0.1, -0.05) is 12.1 Å². The van der Waals surface area contributed by atoms with Crippen molar-refractivity contribution in [2.45, 2.75) is 25.7 Å². The number of amides is 1. The van der Waals surface area contributed by atoms with Gasteiger partial charge in [0.15, 0.2) is 0 Å². The Bertz CT molecular complexity index is 411. The molecule has 0 saturated carbocycles. The predicted octanol–water partition coefficient (Wildman–Crippen LogP) is 1.74. The van der Waals surface area contributed by atoms with Gasteiger partial charge in [-0.05, 0) is 56.0 Å². The van der Waals surface area contributed by atoms with Gasteiger partial charge in [0.2, 0.25) is 5.91 Å². The number of hydrogen-bond donors (Lipinski definition) is 2. The van der Waals surface area contributed by atoms with Gasteiger partial charge in [-0.25, -0.2) is 0 Å². The summed E-state index contributed by atoms with van der Waals surface area (Å²) in [6.45, 7) is 3.02. The van der Waals surface area contributed by atoms with Crippen LogP contribution in [0.25, 0.3) is 0 Å². The van der Waals surface area contributed by atoms with Crippen molar-refractivity contribution in [3.63, 3.8) is 0 Å². The van der Waals surface area contributed by atoms with Crippen LogP contribution in [-0.2, 0) is 11.2 Å². The fraction of sp³-hybridized carbons (Fsp3) is 0.562. The molecule has 1 aromatic carbocycles. The zero-order valence-electron chi connectivity index (χ0n) is 12.2. The minimum atomic E-state index is 0.145. The third-order valence-corrected chi connectivity index (χ3v) is 3.84. The maximum atomic E-state index is 11.8. The topological polar surface area (TPSA) is 50.4 Å². The van der Waals surface area contributed by atoms with Crippen LogP contribution in [0.5, 0.6) is 5.75 Å². The van der Waals surface area contributed by atoms with Crippen LogP contribution in [0.1, 0.15) is 24.8 Å². The van der Waals surface area contributed by atoms with Crippen molar-refractivity contribution in [1.82, 2.24) is 10.6 Å². The second kappa shape index (κ2) is 7.90. The van der Waals surface area contributed by atoms with E-state index >= 15 is 0 Å². The van der Waals surface area contributed by atoms with E-state index in [1.807, 2.05) is 24.3 Å². The normalized spacial score (nSPS) is 17.9. The molecule has 2 rings (SSSR count). The quantitative estimate of drug-likeness (QED) is 0.797. The number of carbonyl (C=O) groups excluding carboxylic acids is 1. The molecule has 4 heteroatoms. The zero-order valence-corrected chi connectivity index (χ0v) is 12.2. The van der Waals surface area contributed by atoms with E-state index in [1.165, 1.54) is 12.0 Å². The lowest BCUT2D eigenvalue weighted by atomic mass is 10.1. The fourth-order valence-electron chi connectivity index (χ4n) is 2.52. The van der Waals surface area contributed by atoms with Crippen LogP contribution in [0.3, 0.4) is 0 Å². The van der Waals surface area contributed by atoms with Gasteiger partial charge in [0.1, 0.15) is 5.75 Å². The summed E-state index contributed by atoms with van der Waals surface area (Å²) < 4.78 is 5.11. The smallest absolute Gasteiger partial charge is 0.220 e. The third-order valence-electron chi connectivity index (χ3n) is 3.84. The SMILES string of the molecule is COc1ccc(CCC(=O)NCCC2CCNC2)cc1. The number of nitrogens with one attached hydrogen (secondary N) is 2. The summed E-state index contributed by atoms with van der Waals surface area (Å²) in [5.74, 6) is 1.73. The molecule has 110 valence electrons. The van der Waals surface area contributed by atoms with Crippen LogP contribution in [-0.4, -0.2) is 32.7 Å². The van der Waals surface area contributed by atoms with Gasteiger partial charge >= 0.3 is 0 Å². The molecule has 1 saturated heterocycles. The molecule has 1 amide bonds. The molecule has 1 aliphatic heterocycles. The standard InChI is InChI=1S/C16H24N2O2/c1-20-15-5-2-13(3-6-15)4-7-16(19)18-11-9-14-8-10-17-12-14/h2-3,5-6,14,17H,4,7-12H2,1H3,(H,18,19). The van der Waals surface area contributed by atoms with Crippen LogP contribution in [0.4, 0.5) is 0 Å². The molecule has 1 fully saturated rings. The molecule has 1 unspecified atom stereocenters. The first-order chi connectivity index (χ1) is 9.78. The Morgan fingerprint density at radius 2 is 2.20 bits per heavy atom. The second-order valence-electron chi connectivity index (χ2n) is 5.35. The summed E-state index contributed by atoms with van der Waals surface area (Å²) >= 11 is 0. The molecular formula is C16H24N2O2. The van der Waals surface area contributed by atoms with Gasteiger partial charge in [-0.2, -0.15) is 0 Å². The van der Waals surface area contributed by atoms with Gasteiger partial charge in [-0.15, -0.1) is 0 Å². The summed E-state index contributed by atoms with van der Waals surface area (Å²) in [5, 5.41) is 6.35. The zero-order chi connectivity index (χ0) is 14.2. The lowest BCUT2D eigenvalue weighted by molar-refractivity contribution is -0.121. The minimum absolute atomic E-state index is 0.145. The highest BCUT2D eigenvalue weighted by Gasteiger charge is 2.13. The van der Waals surface area contributed by atoms with Crippen LogP contribution in [0, 0.1) is 5.92 Å². The predicted molar refractivity (Wildman–Crippen MR) is 79.9 cm³/mol. The van der Waals surface area contributed by atoms with Crippen LogP contribution in [0.2, 0.25) is 0 Å². The number of hydrogen-bond acceptors (Lipinski definition) is 3.